The van der Waals surface area contributed by atoms with Crippen molar-refractivity contribution in [2.75, 3.05) is 39.9 Å². The van der Waals surface area contributed by atoms with E-state index in [2.05, 4.69) is 12.2 Å². The van der Waals surface area contributed by atoms with E-state index in [0.29, 0.717) is 36.2 Å². The summed E-state index contributed by atoms with van der Waals surface area (Å²) in [7, 11) is 1.98. The Balaban J connectivity index is 0.00000312. The molecule has 0 bridgehead atoms. The van der Waals surface area contributed by atoms with Gasteiger partial charge in [0.15, 0.2) is 11.5 Å². The van der Waals surface area contributed by atoms with Gasteiger partial charge < -0.3 is 19.7 Å². The van der Waals surface area contributed by atoms with E-state index in [1.807, 2.05) is 37.1 Å². The van der Waals surface area contributed by atoms with Crippen LogP contribution in [0.5, 0.6) is 11.5 Å². The number of halogens is 1. The number of piperidine rings is 1. The molecule has 1 N–H and O–H groups in total. The van der Waals surface area contributed by atoms with Crippen LogP contribution in [0.15, 0.2) is 18.2 Å². The normalized spacial score (nSPS) is 14.8. The number of carbonyl (C=O) groups is 1. The van der Waals surface area contributed by atoms with Crippen molar-refractivity contribution in [1.29, 1.82) is 0 Å². The lowest BCUT2D eigenvalue weighted by molar-refractivity contribution is 0.0690. The molecule has 0 unspecified atom stereocenters. The van der Waals surface area contributed by atoms with E-state index in [0.717, 1.165) is 38.9 Å². The topological polar surface area (TPSA) is 50.8 Å². The van der Waals surface area contributed by atoms with Crippen molar-refractivity contribution in [2.24, 2.45) is 5.92 Å². The van der Waals surface area contributed by atoms with Crippen LogP contribution in [0.25, 0.3) is 0 Å². The fourth-order valence-electron chi connectivity index (χ4n) is 3.05. The van der Waals surface area contributed by atoms with Gasteiger partial charge in [-0.1, -0.05) is 6.92 Å². The third-order valence-corrected chi connectivity index (χ3v) is 4.35. The summed E-state index contributed by atoms with van der Waals surface area (Å²) in [6, 6.07) is 5.51. The van der Waals surface area contributed by atoms with E-state index >= 15 is 0 Å². The van der Waals surface area contributed by atoms with Crippen LogP contribution in [-0.4, -0.2) is 50.7 Å². The first-order valence-electron chi connectivity index (χ1n) is 9.03. The third-order valence-electron chi connectivity index (χ3n) is 4.35. The lowest BCUT2D eigenvalue weighted by atomic mass is 9.96. The molecular formula is C19H31ClN2O3. The second kappa shape index (κ2) is 11.2. The Morgan fingerprint density at radius 2 is 1.92 bits per heavy atom. The van der Waals surface area contributed by atoms with Crippen LogP contribution >= 0.6 is 12.4 Å². The Labute approximate surface area is 157 Å². The molecular weight excluding hydrogens is 340 g/mol. The molecule has 2 rings (SSSR count). The predicted molar refractivity (Wildman–Crippen MR) is 103 cm³/mol. The lowest BCUT2D eigenvalue weighted by Crippen LogP contribution is -2.40. The van der Waals surface area contributed by atoms with Crippen LogP contribution < -0.4 is 14.8 Å². The van der Waals surface area contributed by atoms with E-state index in [1.54, 1.807) is 0 Å². The second-order valence-electron chi connectivity index (χ2n) is 6.24. The monoisotopic (exact) mass is 370 g/mol. The molecule has 0 radical (unpaired) electrons. The van der Waals surface area contributed by atoms with Gasteiger partial charge in [0.05, 0.1) is 13.2 Å². The second-order valence-corrected chi connectivity index (χ2v) is 6.24. The first kappa shape index (κ1) is 21.6. The van der Waals surface area contributed by atoms with E-state index in [4.69, 9.17) is 9.47 Å². The van der Waals surface area contributed by atoms with Gasteiger partial charge >= 0.3 is 0 Å². The highest BCUT2D eigenvalue weighted by Crippen LogP contribution is 2.29. The first-order chi connectivity index (χ1) is 11.7. The molecule has 1 fully saturated rings. The molecule has 142 valence electrons. The van der Waals surface area contributed by atoms with Crippen LogP contribution in [0.3, 0.4) is 0 Å². The SMILES string of the molecule is CCCOc1ccc(C(=O)N2CCC(CNC)CC2)cc1OCC.Cl. The van der Waals surface area contributed by atoms with Gasteiger partial charge in [0.1, 0.15) is 0 Å². The minimum Gasteiger partial charge on any atom is -0.490 e. The van der Waals surface area contributed by atoms with E-state index in [1.165, 1.54) is 0 Å². The zero-order chi connectivity index (χ0) is 17.4. The molecule has 0 aromatic heterocycles. The van der Waals surface area contributed by atoms with Gasteiger partial charge in [-0.05, 0) is 63.9 Å². The maximum Gasteiger partial charge on any atom is 0.253 e. The number of amides is 1. The number of hydrogen-bond acceptors (Lipinski definition) is 4. The van der Waals surface area contributed by atoms with Crippen LogP contribution in [0, 0.1) is 5.92 Å². The Morgan fingerprint density at radius 1 is 1.20 bits per heavy atom. The van der Waals surface area contributed by atoms with Gasteiger partial charge in [0, 0.05) is 18.7 Å². The molecule has 1 saturated heterocycles. The summed E-state index contributed by atoms with van der Waals surface area (Å²) in [6.07, 6.45) is 3.05. The standard InChI is InChI=1S/C19H30N2O3.ClH/c1-4-12-24-17-7-6-16(13-18(17)23-5-2)19(22)21-10-8-15(9-11-21)14-20-3;/h6-7,13,15,20H,4-5,8-12,14H2,1-3H3;1H. The Hall–Kier alpha value is -1.46. The summed E-state index contributed by atoms with van der Waals surface area (Å²) < 4.78 is 11.4. The molecule has 0 spiro atoms. The Kier molecular flexibility index (Phi) is 9.68. The molecule has 0 aliphatic carbocycles. The van der Waals surface area contributed by atoms with Crippen molar-refractivity contribution in [2.45, 2.75) is 33.1 Å². The number of hydrogen-bond donors (Lipinski definition) is 1. The summed E-state index contributed by atoms with van der Waals surface area (Å²) >= 11 is 0. The van der Waals surface area contributed by atoms with Gasteiger partial charge in [-0.3, -0.25) is 4.79 Å². The highest BCUT2D eigenvalue weighted by molar-refractivity contribution is 5.95. The van der Waals surface area contributed by atoms with Crippen LogP contribution in [0.2, 0.25) is 0 Å². The average molecular weight is 371 g/mol. The van der Waals surface area contributed by atoms with Crippen LogP contribution in [-0.2, 0) is 0 Å². The molecule has 1 heterocycles. The number of likely N-dealkylation sites (tertiary alicyclic amines) is 1. The van der Waals surface area contributed by atoms with Crippen molar-refractivity contribution < 1.29 is 14.3 Å². The van der Waals surface area contributed by atoms with E-state index in [9.17, 15) is 4.79 Å². The Morgan fingerprint density at radius 3 is 2.52 bits per heavy atom. The average Bonchev–Trinajstić information content (AvgIpc) is 2.61. The number of nitrogens with zero attached hydrogens (tertiary/aromatic N) is 1. The number of ether oxygens (including phenoxy) is 2. The van der Waals surface area contributed by atoms with Gasteiger partial charge in [-0.25, -0.2) is 0 Å². The molecule has 5 nitrogen and oxygen atoms in total. The van der Waals surface area contributed by atoms with Crippen molar-refractivity contribution in [3.05, 3.63) is 23.8 Å². The van der Waals surface area contributed by atoms with Gasteiger partial charge in [0.25, 0.3) is 5.91 Å². The van der Waals surface area contributed by atoms with Crippen molar-refractivity contribution >= 4 is 18.3 Å². The van der Waals surface area contributed by atoms with E-state index in [-0.39, 0.29) is 18.3 Å². The zero-order valence-electron chi connectivity index (χ0n) is 15.5. The highest BCUT2D eigenvalue weighted by atomic mass is 35.5. The number of nitrogens with one attached hydrogen (secondary N) is 1. The predicted octanol–water partition coefficient (Wildman–Crippen LogP) is 3.37. The molecule has 1 aliphatic heterocycles. The minimum absolute atomic E-state index is 0. The molecule has 1 aromatic rings. The Bertz CT molecular complexity index is 531. The van der Waals surface area contributed by atoms with Crippen molar-refractivity contribution in [3.8, 4) is 11.5 Å². The highest BCUT2D eigenvalue weighted by Gasteiger charge is 2.24. The molecule has 25 heavy (non-hydrogen) atoms. The molecule has 1 aliphatic rings. The van der Waals surface area contributed by atoms with Gasteiger partial charge in [-0.2, -0.15) is 0 Å². The largest absolute Gasteiger partial charge is 0.490 e. The van der Waals surface area contributed by atoms with Crippen LogP contribution in [0.4, 0.5) is 0 Å². The lowest BCUT2D eigenvalue weighted by Gasteiger charge is -2.32. The smallest absolute Gasteiger partial charge is 0.253 e. The molecule has 0 saturated carbocycles. The minimum atomic E-state index is 0. The van der Waals surface area contributed by atoms with Gasteiger partial charge in [0.2, 0.25) is 0 Å². The maximum atomic E-state index is 12.8. The summed E-state index contributed by atoms with van der Waals surface area (Å²) in [5.41, 5.74) is 0.675. The fraction of sp³-hybridized carbons (Fsp3) is 0.632. The molecule has 1 amide bonds. The molecule has 1 aromatic carbocycles. The van der Waals surface area contributed by atoms with Crippen LogP contribution in [0.1, 0.15) is 43.5 Å². The first-order valence-corrected chi connectivity index (χ1v) is 9.03. The van der Waals surface area contributed by atoms with Crippen molar-refractivity contribution in [1.82, 2.24) is 10.2 Å². The van der Waals surface area contributed by atoms with Gasteiger partial charge in [-0.15, -0.1) is 12.4 Å². The molecule has 6 heteroatoms. The summed E-state index contributed by atoms with van der Waals surface area (Å²) in [5.74, 6) is 2.12. The summed E-state index contributed by atoms with van der Waals surface area (Å²) in [6.45, 7) is 7.87. The fourth-order valence-corrected chi connectivity index (χ4v) is 3.05. The van der Waals surface area contributed by atoms with E-state index < -0.39 is 0 Å². The number of rotatable bonds is 8. The summed E-state index contributed by atoms with van der Waals surface area (Å²) in [5, 5.41) is 3.22. The maximum absolute atomic E-state index is 12.8. The third kappa shape index (κ3) is 6.08. The van der Waals surface area contributed by atoms with Crippen molar-refractivity contribution in [3.63, 3.8) is 0 Å². The summed E-state index contributed by atoms with van der Waals surface area (Å²) in [4.78, 5) is 14.7. The zero-order valence-corrected chi connectivity index (χ0v) is 16.4. The quantitative estimate of drug-likeness (QED) is 0.762. The molecule has 0 atom stereocenters. The number of benzene rings is 1. The number of carbonyl (C=O) groups excluding carboxylic acids is 1.